The van der Waals surface area contributed by atoms with Crippen molar-refractivity contribution >= 4 is 23.1 Å². The number of carbonyl (C=O) groups is 1. The minimum absolute atomic E-state index is 0.0895. The van der Waals surface area contributed by atoms with E-state index in [2.05, 4.69) is 5.32 Å². The van der Waals surface area contributed by atoms with E-state index < -0.39 is 0 Å². The Balaban J connectivity index is 1.75. The molecule has 1 atom stereocenters. The van der Waals surface area contributed by atoms with Crippen molar-refractivity contribution in [3.63, 3.8) is 0 Å². The lowest BCUT2D eigenvalue weighted by Gasteiger charge is -2.55. The molecule has 4 heteroatoms. The number of amides is 1. The fraction of sp³-hybridized carbons (Fsp3) is 0.857. The van der Waals surface area contributed by atoms with Crippen LogP contribution in [0.3, 0.4) is 0 Å². The van der Waals surface area contributed by atoms with Crippen molar-refractivity contribution in [2.24, 2.45) is 28.9 Å². The predicted molar refractivity (Wildman–Crippen MR) is 75.0 cm³/mol. The number of carbonyl (C=O) groups excluding carboxylic acids is 1. The zero-order valence-electron chi connectivity index (χ0n) is 10.9. The van der Waals surface area contributed by atoms with E-state index in [0.29, 0.717) is 4.99 Å². The summed E-state index contributed by atoms with van der Waals surface area (Å²) in [5, 5.41) is 3.03. The number of nitrogens with one attached hydrogen (secondary N) is 1. The lowest BCUT2D eigenvalue weighted by atomic mass is 9.49. The highest BCUT2D eigenvalue weighted by atomic mass is 32.1. The maximum absolute atomic E-state index is 12.6. The van der Waals surface area contributed by atoms with Crippen LogP contribution < -0.4 is 11.1 Å². The first-order valence-corrected chi connectivity index (χ1v) is 7.49. The Kier molecular flexibility index (Phi) is 2.88. The second-order valence-electron chi connectivity index (χ2n) is 6.80. The van der Waals surface area contributed by atoms with Gasteiger partial charge in [0.1, 0.15) is 0 Å². The van der Waals surface area contributed by atoms with E-state index >= 15 is 0 Å². The third-order valence-electron chi connectivity index (χ3n) is 5.29. The zero-order valence-corrected chi connectivity index (χ0v) is 11.8. The first-order valence-electron chi connectivity index (χ1n) is 7.09. The van der Waals surface area contributed by atoms with Gasteiger partial charge in [-0.3, -0.25) is 4.79 Å². The number of thiocarbonyl (C=S) groups is 1. The van der Waals surface area contributed by atoms with Crippen molar-refractivity contribution in [1.82, 2.24) is 5.32 Å². The number of hydrogen-bond donors (Lipinski definition) is 2. The summed E-state index contributed by atoms with van der Waals surface area (Å²) in [4.78, 5) is 13.0. The highest BCUT2D eigenvalue weighted by Crippen LogP contribution is 2.60. The molecule has 100 valence electrons. The topological polar surface area (TPSA) is 55.1 Å². The molecule has 1 amide bonds. The molecule has 4 fully saturated rings. The van der Waals surface area contributed by atoms with E-state index in [1.165, 1.54) is 19.3 Å². The molecule has 0 heterocycles. The first-order chi connectivity index (χ1) is 8.48. The van der Waals surface area contributed by atoms with Gasteiger partial charge in [0, 0.05) is 5.41 Å². The standard InChI is InChI=1S/C14H22N2OS/c1-8(12(15)18)16-13(17)14-5-9-2-10(6-14)4-11(3-9)7-14/h8-11H,2-7H2,1H3,(H2,15,18)(H,16,17). The van der Waals surface area contributed by atoms with Crippen LogP contribution in [0.2, 0.25) is 0 Å². The van der Waals surface area contributed by atoms with Gasteiger partial charge in [-0.1, -0.05) is 12.2 Å². The molecule has 0 saturated heterocycles. The van der Waals surface area contributed by atoms with Crippen LogP contribution in [0.4, 0.5) is 0 Å². The number of hydrogen-bond acceptors (Lipinski definition) is 2. The van der Waals surface area contributed by atoms with Gasteiger partial charge in [0.25, 0.3) is 0 Å². The van der Waals surface area contributed by atoms with E-state index in [4.69, 9.17) is 18.0 Å². The monoisotopic (exact) mass is 266 g/mol. The Morgan fingerprint density at radius 1 is 1.22 bits per heavy atom. The smallest absolute Gasteiger partial charge is 0.226 e. The van der Waals surface area contributed by atoms with Crippen molar-refractivity contribution in [3.05, 3.63) is 0 Å². The summed E-state index contributed by atoms with van der Waals surface area (Å²) in [6.45, 7) is 1.88. The van der Waals surface area contributed by atoms with Crippen LogP contribution in [0.1, 0.15) is 45.4 Å². The third-order valence-corrected chi connectivity index (χ3v) is 5.65. The van der Waals surface area contributed by atoms with Gasteiger partial charge < -0.3 is 11.1 Å². The Morgan fingerprint density at radius 3 is 2.06 bits per heavy atom. The van der Waals surface area contributed by atoms with Crippen molar-refractivity contribution in [2.75, 3.05) is 0 Å². The van der Waals surface area contributed by atoms with Gasteiger partial charge in [-0.25, -0.2) is 0 Å². The molecule has 4 saturated carbocycles. The van der Waals surface area contributed by atoms with Crippen LogP contribution in [0.5, 0.6) is 0 Å². The Labute approximate surface area is 114 Å². The zero-order chi connectivity index (χ0) is 12.9. The molecular formula is C14H22N2OS. The van der Waals surface area contributed by atoms with Crippen LogP contribution in [-0.2, 0) is 4.79 Å². The quantitative estimate of drug-likeness (QED) is 0.768. The molecule has 1 unspecified atom stereocenters. The second kappa shape index (κ2) is 4.19. The van der Waals surface area contributed by atoms with Gasteiger partial charge in [0.05, 0.1) is 11.0 Å². The summed E-state index contributed by atoms with van der Waals surface area (Å²) in [6, 6.07) is -0.180. The van der Waals surface area contributed by atoms with E-state index in [1.54, 1.807) is 0 Å². The predicted octanol–water partition coefficient (Wildman–Crippen LogP) is 1.99. The normalized spacial score (nSPS) is 42.6. The third kappa shape index (κ3) is 1.94. The summed E-state index contributed by atoms with van der Waals surface area (Å²) in [6.07, 6.45) is 7.35. The number of nitrogens with two attached hydrogens (primary N) is 1. The van der Waals surface area contributed by atoms with Crippen LogP contribution >= 0.6 is 12.2 Å². The minimum atomic E-state index is -0.180. The van der Waals surface area contributed by atoms with Gasteiger partial charge in [-0.2, -0.15) is 0 Å². The molecule has 0 aromatic carbocycles. The van der Waals surface area contributed by atoms with Crippen molar-refractivity contribution in [3.8, 4) is 0 Å². The van der Waals surface area contributed by atoms with Crippen LogP contribution in [0.15, 0.2) is 0 Å². The fourth-order valence-electron chi connectivity index (χ4n) is 4.81. The average Bonchev–Trinajstić information content (AvgIpc) is 2.26. The summed E-state index contributed by atoms with van der Waals surface area (Å²) < 4.78 is 0. The summed E-state index contributed by atoms with van der Waals surface area (Å²) in [7, 11) is 0. The molecule has 4 bridgehead atoms. The molecule has 0 aromatic heterocycles. The molecule has 4 aliphatic carbocycles. The van der Waals surface area contributed by atoms with Gasteiger partial charge in [-0.05, 0) is 63.2 Å². The molecule has 3 N–H and O–H groups in total. The Bertz CT molecular complexity index is 358. The molecular weight excluding hydrogens is 244 g/mol. The number of rotatable bonds is 3. The molecule has 0 spiro atoms. The molecule has 3 nitrogen and oxygen atoms in total. The van der Waals surface area contributed by atoms with Gasteiger partial charge in [0.15, 0.2) is 0 Å². The maximum atomic E-state index is 12.6. The van der Waals surface area contributed by atoms with E-state index in [-0.39, 0.29) is 17.4 Å². The molecule has 0 radical (unpaired) electrons. The lowest BCUT2D eigenvalue weighted by molar-refractivity contribution is -0.146. The molecule has 18 heavy (non-hydrogen) atoms. The molecule has 4 rings (SSSR count). The van der Waals surface area contributed by atoms with Crippen LogP contribution in [-0.4, -0.2) is 16.9 Å². The summed E-state index contributed by atoms with van der Waals surface area (Å²) in [5.74, 6) is 2.59. The lowest BCUT2D eigenvalue weighted by Crippen LogP contribution is -2.56. The summed E-state index contributed by atoms with van der Waals surface area (Å²) in [5.41, 5.74) is 5.50. The Hall–Kier alpha value is -0.640. The highest BCUT2D eigenvalue weighted by Gasteiger charge is 2.54. The van der Waals surface area contributed by atoms with Crippen molar-refractivity contribution in [1.29, 1.82) is 0 Å². The van der Waals surface area contributed by atoms with Gasteiger partial charge >= 0.3 is 0 Å². The van der Waals surface area contributed by atoms with Crippen LogP contribution in [0.25, 0.3) is 0 Å². The second-order valence-corrected chi connectivity index (χ2v) is 7.27. The fourth-order valence-corrected chi connectivity index (χ4v) is 4.87. The van der Waals surface area contributed by atoms with E-state index in [0.717, 1.165) is 37.0 Å². The first kappa shape index (κ1) is 12.4. The average molecular weight is 266 g/mol. The van der Waals surface area contributed by atoms with E-state index in [9.17, 15) is 4.79 Å². The van der Waals surface area contributed by atoms with E-state index in [1.807, 2.05) is 6.92 Å². The SMILES string of the molecule is CC(NC(=O)C12CC3CC(CC(C3)C1)C2)C(N)=S. The van der Waals surface area contributed by atoms with Crippen molar-refractivity contribution < 1.29 is 4.79 Å². The van der Waals surface area contributed by atoms with Crippen molar-refractivity contribution in [2.45, 2.75) is 51.5 Å². The van der Waals surface area contributed by atoms with Crippen LogP contribution in [0, 0.1) is 23.2 Å². The molecule has 4 aliphatic rings. The van der Waals surface area contributed by atoms with Gasteiger partial charge in [-0.15, -0.1) is 0 Å². The minimum Gasteiger partial charge on any atom is -0.392 e. The Morgan fingerprint density at radius 2 is 1.67 bits per heavy atom. The molecule has 0 aromatic rings. The largest absolute Gasteiger partial charge is 0.392 e. The summed E-state index contributed by atoms with van der Waals surface area (Å²) >= 11 is 4.94. The van der Waals surface area contributed by atoms with Gasteiger partial charge in [0.2, 0.25) is 5.91 Å². The maximum Gasteiger partial charge on any atom is 0.226 e. The highest BCUT2D eigenvalue weighted by molar-refractivity contribution is 7.80. The molecule has 0 aliphatic heterocycles.